The Labute approximate surface area is 108 Å². The fourth-order valence-corrected chi connectivity index (χ4v) is 2.40. The molecule has 18 heavy (non-hydrogen) atoms. The van der Waals surface area contributed by atoms with E-state index >= 15 is 0 Å². The van der Waals surface area contributed by atoms with Crippen LogP contribution in [0, 0.1) is 0 Å². The molecule has 1 aromatic rings. The van der Waals surface area contributed by atoms with Gasteiger partial charge in [0.15, 0.2) is 11.6 Å². The lowest BCUT2D eigenvalue weighted by Gasteiger charge is -2.13. The van der Waals surface area contributed by atoms with E-state index < -0.39 is 0 Å². The lowest BCUT2D eigenvalue weighted by Crippen LogP contribution is -2.27. The fourth-order valence-electron chi connectivity index (χ4n) is 1.55. The van der Waals surface area contributed by atoms with Crippen LogP contribution in [-0.4, -0.2) is 45.0 Å². The highest BCUT2D eigenvalue weighted by Gasteiger charge is 2.21. The van der Waals surface area contributed by atoms with Crippen LogP contribution in [0.5, 0.6) is 5.75 Å². The third kappa shape index (κ3) is 3.13. The standard InChI is InChI=1S/C11H13N3O3S/c15-8-2-1-4-12-10(8)13-9(16)3-5-14-6-7-18-11(14)17/h1-2,4,15H,3,5-7H2,(H,12,13,16). The molecule has 0 saturated carbocycles. The van der Waals surface area contributed by atoms with Crippen molar-refractivity contribution in [1.82, 2.24) is 9.88 Å². The number of anilines is 1. The smallest absolute Gasteiger partial charge is 0.281 e. The van der Waals surface area contributed by atoms with Crippen molar-refractivity contribution in [2.75, 3.05) is 24.2 Å². The zero-order valence-electron chi connectivity index (χ0n) is 9.63. The van der Waals surface area contributed by atoms with Gasteiger partial charge >= 0.3 is 0 Å². The quantitative estimate of drug-likeness (QED) is 0.858. The summed E-state index contributed by atoms with van der Waals surface area (Å²) in [5.74, 6) is 0.582. The van der Waals surface area contributed by atoms with Crippen molar-refractivity contribution in [2.24, 2.45) is 0 Å². The van der Waals surface area contributed by atoms with Gasteiger partial charge in [0, 0.05) is 31.5 Å². The molecule has 0 unspecified atom stereocenters. The van der Waals surface area contributed by atoms with Gasteiger partial charge < -0.3 is 15.3 Å². The summed E-state index contributed by atoms with van der Waals surface area (Å²) < 4.78 is 0. The van der Waals surface area contributed by atoms with E-state index in [9.17, 15) is 14.7 Å². The van der Waals surface area contributed by atoms with Crippen LogP contribution in [0.4, 0.5) is 10.6 Å². The van der Waals surface area contributed by atoms with Gasteiger partial charge in [0.05, 0.1) is 0 Å². The molecule has 7 heteroatoms. The molecule has 1 saturated heterocycles. The summed E-state index contributed by atoms with van der Waals surface area (Å²) in [5.41, 5.74) is 0. The molecular weight excluding hydrogens is 254 g/mol. The minimum absolute atomic E-state index is 0.0171. The number of hydrogen-bond donors (Lipinski definition) is 2. The molecule has 0 radical (unpaired) electrons. The van der Waals surface area contributed by atoms with Crippen LogP contribution < -0.4 is 5.32 Å². The van der Waals surface area contributed by atoms with Crippen LogP contribution in [0.3, 0.4) is 0 Å². The Kier molecular flexibility index (Phi) is 4.03. The summed E-state index contributed by atoms with van der Waals surface area (Å²) in [5, 5.41) is 12.0. The molecule has 2 rings (SSSR count). The number of rotatable bonds is 4. The molecule has 0 bridgehead atoms. The molecule has 1 aromatic heterocycles. The summed E-state index contributed by atoms with van der Waals surface area (Å²) in [7, 11) is 0. The molecule has 1 fully saturated rings. The van der Waals surface area contributed by atoms with Crippen molar-refractivity contribution in [2.45, 2.75) is 6.42 Å². The predicted molar refractivity (Wildman–Crippen MR) is 68.6 cm³/mol. The van der Waals surface area contributed by atoms with E-state index in [1.54, 1.807) is 11.0 Å². The summed E-state index contributed by atoms with van der Waals surface area (Å²) in [6.07, 6.45) is 1.68. The normalized spacial score (nSPS) is 14.9. The largest absolute Gasteiger partial charge is 0.504 e. The minimum atomic E-state index is -0.270. The second-order valence-electron chi connectivity index (χ2n) is 3.77. The summed E-state index contributed by atoms with van der Waals surface area (Å²) >= 11 is 1.27. The summed E-state index contributed by atoms with van der Waals surface area (Å²) in [6, 6.07) is 3.02. The molecule has 96 valence electrons. The van der Waals surface area contributed by atoms with E-state index in [0.29, 0.717) is 13.1 Å². The van der Waals surface area contributed by atoms with E-state index in [-0.39, 0.29) is 29.1 Å². The van der Waals surface area contributed by atoms with Gasteiger partial charge in [-0.15, -0.1) is 0 Å². The molecule has 2 heterocycles. The number of pyridine rings is 1. The molecule has 0 aliphatic carbocycles. The second-order valence-corrected chi connectivity index (χ2v) is 4.82. The Morgan fingerprint density at radius 1 is 1.61 bits per heavy atom. The molecule has 1 aliphatic rings. The molecule has 0 aromatic carbocycles. The zero-order chi connectivity index (χ0) is 13.0. The Hall–Kier alpha value is -1.76. The van der Waals surface area contributed by atoms with Gasteiger partial charge in [-0.05, 0) is 12.1 Å². The van der Waals surface area contributed by atoms with Crippen LogP contribution in [0.25, 0.3) is 0 Å². The number of carbonyl (C=O) groups is 2. The van der Waals surface area contributed by atoms with Crippen molar-refractivity contribution >= 4 is 28.7 Å². The number of nitrogens with zero attached hydrogens (tertiary/aromatic N) is 2. The van der Waals surface area contributed by atoms with Gasteiger partial charge in [-0.25, -0.2) is 4.98 Å². The Morgan fingerprint density at radius 2 is 2.44 bits per heavy atom. The van der Waals surface area contributed by atoms with E-state index in [4.69, 9.17) is 0 Å². The minimum Gasteiger partial charge on any atom is -0.504 e. The topological polar surface area (TPSA) is 82.5 Å². The first-order chi connectivity index (χ1) is 8.66. The maximum Gasteiger partial charge on any atom is 0.281 e. The number of aromatic nitrogens is 1. The summed E-state index contributed by atoms with van der Waals surface area (Å²) in [4.78, 5) is 28.4. The van der Waals surface area contributed by atoms with Gasteiger partial charge in [0.1, 0.15) is 0 Å². The number of thioether (sulfide) groups is 1. The maximum absolute atomic E-state index is 11.6. The van der Waals surface area contributed by atoms with Crippen molar-refractivity contribution in [1.29, 1.82) is 0 Å². The number of amides is 2. The first-order valence-corrected chi connectivity index (χ1v) is 6.51. The third-order valence-corrected chi connectivity index (χ3v) is 3.39. The second kappa shape index (κ2) is 5.72. The lowest BCUT2D eigenvalue weighted by molar-refractivity contribution is -0.116. The Bertz CT molecular complexity index is 467. The zero-order valence-corrected chi connectivity index (χ0v) is 10.4. The summed E-state index contributed by atoms with van der Waals surface area (Å²) in [6.45, 7) is 1.08. The van der Waals surface area contributed by atoms with Crippen LogP contribution >= 0.6 is 11.8 Å². The fraction of sp³-hybridized carbons (Fsp3) is 0.364. The highest BCUT2D eigenvalue weighted by Crippen LogP contribution is 2.19. The number of hydrogen-bond acceptors (Lipinski definition) is 5. The van der Waals surface area contributed by atoms with Crippen LogP contribution in [0.1, 0.15) is 6.42 Å². The van der Waals surface area contributed by atoms with Crippen molar-refractivity contribution in [3.8, 4) is 5.75 Å². The number of carbonyl (C=O) groups excluding carboxylic acids is 2. The van der Waals surface area contributed by atoms with Crippen LogP contribution in [0.2, 0.25) is 0 Å². The Balaban J connectivity index is 1.82. The molecule has 2 N–H and O–H groups in total. The van der Waals surface area contributed by atoms with E-state index in [2.05, 4.69) is 10.3 Å². The van der Waals surface area contributed by atoms with Crippen molar-refractivity contribution in [3.63, 3.8) is 0 Å². The van der Waals surface area contributed by atoms with Crippen molar-refractivity contribution in [3.05, 3.63) is 18.3 Å². The van der Waals surface area contributed by atoms with Crippen molar-refractivity contribution < 1.29 is 14.7 Å². The first-order valence-electron chi connectivity index (χ1n) is 5.52. The molecule has 6 nitrogen and oxygen atoms in total. The average molecular weight is 267 g/mol. The highest BCUT2D eigenvalue weighted by atomic mass is 32.2. The van der Waals surface area contributed by atoms with E-state index in [1.807, 2.05) is 0 Å². The molecule has 2 amide bonds. The first kappa shape index (κ1) is 12.7. The maximum atomic E-state index is 11.6. The molecule has 0 spiro atoms. The van der Waals surface area contributed by atoms with E-state index in [1.165, 1.54) is 24.0 Å². The molecular formula is C11H13N3O3S. The predicted octanol–water partition coefficient (Wildman–Crippen LogP) is 1.28. The SMILES string of the molecule is O=C(CCN1CCSC1=O)Nc1ncccc1O. The van der Waals surface area contributed by atoms with Gasteiger partial charge in [-0.3, -0.25) is 9.59 Å². The van der Waals surface area contributed by atoms with Gasteiger partial charge in [-0.1, -0.05) is 11.8 Å². The monoisotopic (exact) mass is 267 g/mol. The van der Waals surface area contributed by atoms with E-state index in [0.717, 1.165) is 5.75 Å². The van der Waals surface area contributed by atoms with Crippen LogP contribution in [-0.2, 0) is 4.79 Å². The van der Waals surface area contributed by atoms with Crippen LogP contribution in [0.15, 0.2) is 18.3 Å². The lowest BCUT2D eigenvalue weighted by atomic mass is 10.3. The van der Waals surface area contributed by atoms with Gasteiger partial charge in [0.25, 0.3) is 5.24 Å². The number of nitrogens with one attached hydrogen (secondary N) is 1. The molecule has 0 atom stereocenters. The third-order valence-electron chi connectivity index (χ3n) is 2.50. The van der Waals surface area contributed by atoms with Gasteiger partial charge in [0.2, 0.25) is 5.91 Å². The Morgan fingerprint density at radius 3 is 3.11 bits per heavy atom. The molecule has 1 aliphatic heterocycles. The number of aromatic hydroxyl groups is 1. The van der Waals surface area contributed by atoms with Gasteiger partial charge in [-0.2, -0.15) is 0 Å². The highest BCUT2D eigenvalue weighted by molar-refractivity contribution is 8.13. The average Bonchev–Trinajstić information content (AvgIpc) is 2.75.